The number of carbonyl (C=O) groups is 1. The van der Waals surface area contributed by atoms with Crippen LogP contribution in [-0.2, 0) is 22.4 Å². The highest BCUT2D eigenvalue weighted by molar-refractivity contribution is 6.30. The third-order valence-corrected chi connectivity index (χ3v) is 4.50. The maximum atomic E-state index is 12.6. The molecule has 5 nitrogen and oxygen atoms in total. The van der Waals surface area contributed by atoms with Crippen LogP contribution >= 0.6 is 11.6 Å². The fourth-order valence-corrected chi connectivity index (χ4v) is 2.89. The Morgan fingerprint density at radius 1 is 1.07 bits per heavy atom. The van der Waals surface area contributed by atoms with Crippen molar-refractivity contribution in [3.63, 3.8) is 0 Å². The molecule has 0 radical (unpaired) electrons. The van der Waals surface area contributed by atoms with E-state index in [1.807, 2.05) is 24.3 Å². The molecule has 156 valence electrons. The van der Waals surface area contributed by atoms with Crippen LogP contribution in [-0.4, -0.2) is 38.9 Å². The Bertz CT molecular complexity index is 912. The van der Waals surface area contributed by atoms with E-state index < -0.39 is 6.10 Å². The molecule has 1 amide bonds. The second-order valence-electron chi connectivity index (χ2n) is 6.35. The number of methoxy groups -OCH3 is 1. The third kappa shape index (κ3) is 7.37. The zero-order chi connectivity index (χ0) is 21.8. The van der Waals surface area contributed by atoms with Crippen LogP contribution in [0.1, 0.15) is 11.1 Å². The van der Waals surface area contributed by atoms with Crippen molar-refractivity contribution in [1.29, 1.82) is 0 Å². The minimum atomic E-state index is -0.684. The Hall–Kier alpha value is -3.12. The molecule has 2 aromatic carbocycles. The lowest BCUT2D eigenvalue weighted by molar-refractivity contribution is -0.131. The number of rotatable bonds is 11. The number of terminal acetylenes is 2. The summed E-state index contributed by atoms with van der Waals surface area (Å²) >= 11 is 5.91. The van der Waals surface area contributed by atoms with Crippen molar-refractivity contribution in [2.24, 2.45) is 0 Å². The number of ether oxygens (including phenoxy) is 3. The zero-order valence-corrected chi connectivity index (χ0v) is 17.6. The van der Waals surface area contributed by atoms with E-state index in [0.29, 0.717) is 35.9 Å². The first-order valence-corrected chi connectivity index (χ1v) is 9.75. The summed E-state index contributed by atoms with van der Waals surface area (Å²) in [5.74, 6) is 5.77. The summed E-state index contributed by atoms with van der Waals surface area (Å²) in [6.07, 6.45) is 10.8. The van der Waals surface area contributed by atoms with E-state index in [1.165, 1.54) is 0 Å². The highest BCUT2D eigenvalue weighted by atomic mass is 35.5. The van der Waals surface area contributed by atoms with E-state index >= 15 is 0 Å². The summed E-state index contributed by atoms with van der Waals surface area (Å²) in [7, 11) is 1.56. The summed E-state index contributed by atoms with van der Waals surface area (Å²) in [4.78, 5) is 12.6. The largest absolute Gasteiger partial charge is 0.493 e. The van der Waals surface area contributed by atoms with Crippen molar-refractivity contribution in [1.82, 2.24) is 5.32 Å². The fourth-order valence-electron chi connectivity index (χ4n) is 2.76. The van der Waals surface area contributed by atoms with Gasteiger partial charge in [0.25, 0.3) is 0 Å². The lowest BCUT2D eigenvalue weighted by Gasteiger charge is -2.17. The normalized spacial score (nSPS) is 11.1. The van der Waals surface area contributed by atoms with Crippen molar-refractivity contribution in [2.75, 3.05) is 26.9 Å². The van der Waals surface area contributed by atoms with Crippen molar-refractivity contribution < 1.29 is 19.0 Å². The van der Waals surface area contributed by atoms with Gasteiger partial charge in [-0.2, -0.15) is 0 Å². The number of halogens is 1. The van der Waals surface area contributed by atoms with E-state index in [9.17, 15) is 4.79 Å². The van der Waals surface area contributed by atoms with Gasteiger partial charge in [0.05, 0.1) is 7.11 Å². The van der Waals surface area contributed by atoms with E-state index in [4.69, 9.17) is 38.7 Å². The minimum Gasteiger partial charge on any atom is -0.493 e. The van der Waals surface area contributed by atoms with Gasteiger partial charge in [0.15, 0.2) is 11.5 Å². The van der Waals surface area contributed by atoms with Crippen LogP contribution in [0.15, 0.2) is 42.5 Å². The van der Waals surface area contributed by atoms with Crippen LogP contribution in [0.3, 0.4) is 0 Å². The molecule has 0 aliphatic rings. The van der Waals surface area contributed by atoms with E-state index in [2.05, 4.69) is 17.2 Å². The SMILES string of the molecule is C#CCOc1ccc(CCNC(=O)[C@@H](Cc2ccc(Cl)cc2)OCC#C)cc1OC. The number of carbonyl (C=O) groups excluding carboxylic acids is 1. The number of hydrogen-bond donors (Lipinski definition) is 1. The molecule has 30 heavy (non-hydrogen) atoms. The van der Waals surface area contributed by atoms with E-state index in [0.717, 1.165) is 11.1 Å². The average molecular weight is 426 g/mol. The number of benzene rings is 2. The summed E-state index contributed by atoms with van der Waals surface area (Å²) in [6, 6.07) is 12.8. The Kier molecular flexibility index (Phi) is 9.61. The molecule has 0 aromatic heterocycles. The van der Waals surface area contributed by atoms with Gasteiger partial charge in [-0.15, -0.1) is 12.8 Å². The van der Waals surface area contributed by atoms with Gasteiger partial charge in [0.1, 0.15) is 19.3 Å². The molecule has 2 rings (SSSR count). The van der Waals surface area contributed by atoms with Gasteiger partial charge < -0.3 is 19.5 Å². The van der Waals surface area contributed by atoms with Crippen molar-refractivity contribution in [3.8, 4) is 36.2 Å². The molecule has 0 unspecified atom stereocenters. The predicted octanol–water partition coefficient (Wildman–Crippen LogP) is 3.28. The fraction of sp³-hybridized carbons (Fsp3) is 0.292. The third-order valence-electron chi connectivity index (χ3n) is 4.25. The Balaban J connectivity index is 1.93. The molecule has 0 spiro atoms. The minimum absolute atomic E-state index is 0.0575. The first-order chi connectivity index (χ1) is 14.6. The smallest absolute Gasteiger partial charge is 0.249 e. The lowest BCUT2D eigenvalue weighted by Crippen LogP contribution is -2.39. The highest BCUT2D eigenvalue weighted by Gasteiger charge is 2.19. The molecule has 6 heteroatoms. The summed E-state index contributed by atoms with van der Waals surface area (Å²) < 4.78 is 16.3. The van der Waals surface area contributed by atoms with Crippen LogP contribution in [0.25, 0.3) is 0 Å². The van der Waals surface area contributed by atoms with Gasteiger partial charge in [0, 0.05) is 18.0 Å². The average Bonchev–Trinajstić information content (AvgIpc) is 2.76. The van der Waals surface area contributed by atoms with Gasteiger partial charge in [-0.3, -0.25) is 4.79 Å². The predicted molar refractivity (Wildman–Crippen MR) is 118 cm³/mol. The number of hydrogen-bond acceptors (Lipinski definition) is 4. The molecule has 0 aliphatic heterocycles. The van der Waals surface area contributed by atoms with Crippen LogP contribution in [0, 0.1) is 24.7 Å². The van der Waals surface area contributed by atoms with E-state index in [1.54, 1.807) is 25.3 Å². The summed E-state index contributed by atoms with van der Waals surface area (Å²) in [5.41, 5.74) is 1.92. The standard InChI is InChI=1S/C24H24ClNO4/c1-4-14-29-21-11-8-19(16-22(21)28-3)12-13-26-24(27)23(30-15-5-2)17-18-6-9-20(25)10-7-18/h1-2,6-11,16,23H,12-15,17H2,3H3,(H,26,27)/t23-/m1/s1. The van der Waals surface area contributed by atoms with Crippen LogP contribution in [0.5, 0.6) is 11.5 Å². The monoisotopic (exact) mass is 425 g/mol. The van der Waals surface area contributed by atoms with Gasteiger partial charge in [-0.05, 0) is 41.8 Å². The Morgan fingerprint density at radius 2 is 1.77 bits per heavy atom. The molecule has 0 saturated carbocycles. The molecule has 0 aliphatic carbocycles. The topological polar surface area (TPSA) is 56.8 Å². The lowest BCUT2D eigenvalue weighted by atomic mass is 10.1. The first-order valence-electron chi connectivity index (χ1n) is 9.37. The molecule has 2 aromatic rings. The molecule has 1 N–H and O–H groups in total. The van der Waals surface area contributed by atoms with Crippen LogP contribution < -0.4 is 14.8 Å². The first kappa shape index (κ1) is 23.2. The highest BCUT2D eigenvalue weighted by Crippen LogP contribution is 2.28. The number of amides is 1. The molecular formula is C24H24ClNO4. The van der Waals surface area contributed by atoms with E-state index in [-0.39, 0.29) is 19.1 Å². The van der Waals surface area contributed by atoms with Crippen molar-refractivity contribution in [2.45, 2.75) is 18.9 Å². The quantitative estimate of drug-likeness (QED) is 0.561. The van der Waals surface area contributed by atoms with Gasteiger partial charge in [0.2, 0.25) is 5.91 Å². The second-order valence-corrected chi connectivity index (χ2v) is 6.79. The van der Waals surface area contributed by atoms with Crippen LogP contribution in [0.4, 0.5) is 0 Å². The van der Waals surface area contributed by atoms with Gasteiger partial charge in [-0.1, -0.05) is 41.6 Å². The van der Waals surface area contributed by atoms with Crippen molar-refractivity contribution >= 4 is 17.5 Å². The summed E-state index contributed by atoms with van der Waals surface area (Å²) in [6.45, 7) is 0.656. The summed E-state index contributed by atoms with van der Waals surface area (Å²) in [5, 5.41) is 3.54. The van der Waals surface area contributed by atoms with Gasteiger partial charge in [-0.25, -0.2) is 0 Å². The maximum Gasteiger partial charge on any atom is 0.249 e. The molecule has 0 bridgehead atoms. The second kappa shape index (κ2) is 12.4. The Labute approximate surface area is 182 Å². The Morgan fingerprint density at radius 3 is 2.43 bits per heavy atom. The maximum absolute atomic E-state index is 12.6. The molecule has 1 atom stereocenters. The molecule has 0 fully saturated rings. The van der Waals surface area contributed by atoms with Gasteiger partial charge >= 0.3 is 0 Å². The molecule has 0 heterocycles. The van der Waals surface area contributed by atoms with Crippen LogP contribution in [0.2, 0.25) is 5.02 Å². The zero-order valence-electron chi connectivity index (χ0n) is 16.8. The molecule has 0 saturated heterocycles. The van der Waals surface area contributed by atoms with Crippen molar-refractivity contribution in [3.05, 3.63) is 58.6 Å². The number of nitrogens with one attached hydrogen (secondary N) is 1. The molecular weight excluding hydrogens is 402 g/mol.